The summed E-state index contributed by atoms with van der Waals surface area (Å²) in [7, 11) is 0. The van der Waals surface area contributed by atoms with Gasteiger partial charge in [0.1, 0.15) is 17.5 Å². The molecule has 1 N–H and O–H groups in total. The van der Waals surface area contributed by atoms with E-state index >= 15 is 0 Å². The summed E-state index contributed by atoms with van der Waals surface area (Å²) in [5.41, 5.74) is 1.77. The van der Waals surface area contributed by atoms with Gasteiger partial charge in [0.15, 0.2) is 11.5 Å². The number of rotatable bonds is 11. The van der Waals surface area contributed by atoms with Crippen molar-refractivity contribution in [1.82, 2.24) is 4.90 Å². The number of hydrogen-bond donors (Lipinski definition) is 1. The van der Waals surface area contributed by atoms with E-state index in [-0.39, 0.29) is 4.32 Å². The molecule has 1 amide bonds. The van der Waals surface area contributed by atoms with Crippen LogP contribution in [0.1, 0.15) is 37.3 Å². The third kappa shape index (κ3) is 6.58. The molecule has 0 saturated carbocycles. The number of hydrogen-bond acceptors (Lipinski definition) is 6. The first-order valence-electron chi connectivity index (χ1n) is 10.4. The lowest BCUT2D eigenvalue weighted by molar-refractivity contribution is -0.140. The Morgan fingerprint density at radius 3 is 2.62 bits per heavy atom. The number of ether oxygens (including phenoxy) is 2. The molecule has 0 atom stereocenters. The highest BCUT2D eigenvalue weighted by atomic mass is 32.2. The zero-order valence-corrected chi connectivity index (χ0v) is 19.4. The van der Waals surface area contributed by atoms with Crippen molar-refractivity contribution in [3.8, 4) is 11.5 Å². The summed E-state index contributed by atoms with van der Waals surface area (Å²) in [5, 5.41) is 9.00. The van der Waals surface area contributed by atoms with Gasteiger partial charge in [-0.15, -0.1) is 0 Å². The fourth-order valence-electron chi connectivity index (χ4n) is 3.04. The molecule has 1 saturated heterocycles. The van der Waals surface area contributed by atoms with E-state index in [0.717, 1.165) is 47.1 Å². The number of benzene rings is 2. The van der Waals surface area contributed by atoms with Crippen LogP contribution < -0.4 is 9.47 Å². The smallest absolute Gasteiger partial charge is 0.323 e. The molecule has 0 unspecified atom stereocenters. The fourth-order valence-corrected chi connectivity index (χ4v) is 4.29. The van der Waals surface area contributed by atoms with Crippen LogP contribution in [0.3, 0.4) is 0 Å². The molecule has 1 aliphatic rings. The third-order valence-electron chi connectivity index (χ3n) is 4.68. The zero-order valence-electron chi connectivity index (χ0n) is 17.8. The maximum Gasteiger partial charge on any atom is 0.323 e. The van der Waals surface area contributed by atoms with Crippen molar-refractivity contribution >= 4 is 46.3 Å². The number of carbonyl (C=O) groups excluding carboxylic acids is 1. The summed E-state index contributed by atoms with van der Waals surface area (Å²) in [6.45, 7) is 2.68. The number of carbonyl (C=O) groups is 2. The van der Waals surface area contributed by atoms with E-state index in [2.05, 4.69) is 6.92 Å². The van der Waals surface area contributed by atoms with Crippen LogP contribution in [-0.2, 0) is 16.2 Å². The van der Waals surface area contributed by atoms with E-state index in [1.165, 1.54) is 0 Å². The fraction of sp³-hybridized carbons (Fsp3) is 0.292. The van der Waals surface area contributed by atoms with Crippen LogP contribution in [0, 0.1) is 0 Å². The topological polar surface area (TPSA) is 76.1 Å². The Labute approximate surface area is 197 Å². The molecule has 0 bridgehead atoms. The second kappa shape index (κ2) is 11.7. The van der Waals surface area contributed by atoms with Crippen LogP contribution in [0.15, 0.2) is 53.4 Å². The summed E-state index contributed by atoms with van der Waals surface area (Å²) in [6, 6.07) is 15.3. The Balaban J connectivity index is 1.80. The number of aliphatic carboxylic acids is 1. The Hall–Kier alpha value is -2.84. The molecule has 6 nitrogen and oxygen atoms in total. The molecule has 1 heterocycles. The number of thiocarbonyl (C=S) groups is 1. The molecule has 2 aromatic rings. The summed E-state index contributed by atoms with van der Waals surface area (Å²) in [5.74, 6) is -0.287. The number of unbranched alkanes of at least 4 members (excludes halogenated alkanes) is 2. The number of nitrogens with zero attached hydrogens (tertiary/aromatic N) is 1. The third-order valence-corrected chi connectivity index (χ3v) is 6.05. The normalized spacial score (nSPS) is 14.8. The van der Waals surface area contributed by atoms with E-state index in [1.807, 2.05) is 48.5 Å². The molecule has 168 valence electrons. The quantitative estimate of drug-likeness (QED) is 0.277. The van der Waals surface area contributed by atoms with Gasteiger partial charge in [-0.2, -0.15) is 0 Å². The van der Waals surface area contributed by atoms with Crippen LogP contribution in [0.25, 0.3) is 6.08 Å². The van der Waals surface area contributed by atoms with Crippen LogP contribution in [0.5, 0.6) is 11.5 Å². The Bertz CT molecular complexity index is 1010. The minimum absolute atomic E-state index is 0.236. The Kier molecular flexibility index (Phi) is 8.70. The van der Waals surface area contributed by atoms with Crippen LogP contribution in [-0.4, -0.2) is 39.4 Å². The molecule has 8 heteroatoms. The minimum atomic E-state index is -1.11. The molecule has 32 heavy (non-hydrogen) atoms. The maximum absolute atomic E-state index is 12.6. The second-order valence-corrected chi connectivity index (χ2v) is 8.87. The summed E-state index contributed by atoms with van der Waals surface area (Å²) < 4.78 is 12.2. The molecule has 1 aliphatic heterocycles. The van der Waals surface area contributed by atoms with Gasteiger partial charge in [-0.05, 0) is 35.8 Å². The predicted molar refractivity (Wildman–Crippen MR) is 130 cm³/mol. The highest BCUT2D eigenvalue weighted by molar-refractivity contribution is 8.26. The van der Waals surface area contributed by atoms with Gasteiger partial charge in [0, 0.05) is 0 Å². The lowest BCUT2D eigenvalue weighted by Crippen LogP contribution is -2.33. The lowest BCUT2D eigenvalue weighted by atomic mass is 10.1. The van der Waals surface area contributed by atoms with Crippen LogP contribution in [0.2, 0.25) is 0 Å². The zero-order chi connectivity index (χ0) is 22.9. The molecule has 0 aliphatic carbocycles. The predicted octanol–water partition coefficient (Wildman–Crippen LogP) is 5.12. The van der Waals surface area contributed by atoms with Gasteiger partial charge >= 0.3 is 5.97 Å². The maximum atomic E-state index is 12.6. The summed E-state index contributed by atoms with van der Waals surface area (Å²) >= 11 is 6.25. The first-order valence-corrected chi connectivity index (χ1v) is 11.6. The van der Waals surface area contributed by atoms with Crippen molar-refractivity contribution in [3.05, 3.63) is 64.6 Å². The van der Waals surface area contributed by atoms with Gasteiger partial charge in [0.25, 0.3) is 5.91 Å². The van der Waals surface area contributed by atoms with Crippen molar-refractivity contribution in [2.45, 2.75) is 32.8 Å². The van der Waals surface area contributed by atoms with Gasteiger partial charge in [0.05, 0.1) is 11.5 Å². The molecule has 0 aromatic heterocycles. The van der Waals surface area contributed by atoms with E-state index in [1.54, 1.807) is 6.08 Å². The Morgan fingerprint density at radius 1 is 1.12 bits per heavy atom. The molecule has 1 fully saturated rings. The summed E-state index contributed by atoms with van der Waals surface area (Å²) in [4.78, 5) is 25.0. The van der Waals surface area contributed by atoms with Gasteiger partial charge in [-0.1, -0.05) is 80.1 Å². The monoisotopic (exact) mass is 471 g/mol. The van der Waals surface area contributed by atoms with E-state index < -0.39 is 18.4 Å². The second-order valence-electron chi connectivity index (χ2n) is 7.20. The van der Waals surface area contributed by atoms with E-state index in [9.17, 15) is 9.59 Å². The average Bonchev–Trinajstić information content (AvgIpc) is 3.04. The molecule has 3 rings (SSSR count). The van der Waals surface area contributed by atoms with Crippen molar-refractivity contribution < 1.29 is 24.2 Å². The van der Waals surface area contributed by atoms with Gasteiger partial charge < -0.3 is 14.6 Å². The largest absolute Gasteiger partial charge is 0.490 e. The van der Waals surface area contributed by atoms with Gasteiger partial charge in [-0.3, -0.25) is 14.5 Å². The molecular weight excluding hydrogens is 446 g/mol. The average molecular weight is 472 g/mol. The first-order chi connectivity index (χ1) is 15.5. The van der Waals surface area contributed by atoms with Crippen molar-refractivity contribution in [3.63, 3.8) is 0 Å². The lowest BCUT2D eigenvalue weighted by Gasteiger charge is -2.14. The van der Waals surface area contributed by atoms with Crippen LogP contribution >= 0.6 is 24.0 Å². The van der Waals surface area contributed by atoms with E-state index in [4.69, 9.17) is 26.8 Å². The number of amides is 1. The van der Waals surface area contributed by atoms with E-state index in [0.29, 0.717) is 29.6 Å². The number of carboxylic acids is 1. The SMILES string of the molecule is CCCCCOc1ccc(C=C2SC(=S)N(CC(=O)O)C2=O)cc1OCc1ccccc1. The van der Waals surface area contributed by atoms with Crippen molar-refractivity contribution in [1.29, 1.82) is 0 Å². The van der Waals surface area contributed by atoms with Gasteiger partial charge in [-0.25, -0.2) is 0 Å². The highest BCUT2D eigenvalue weighted by Crippen LogP contribution is 2.35. The standard InChI is InChI=1S/C24H25NO5S2/c1-2-3-7-12-29-19-11-10-18(13-20(19)30-16-17-8-5-4-6-9-17)14-21-23(28)25(15-22(26)27)24(31)32-21/h4-6,8-11,13-14H,2-3,7,12,15-16H2,1H3,(H,26,27). The molecular formula is C24H25NO5S2. The minimum Gasteiger partial charge on any atom is -0.490 e. The molecule has 2 aromatic carbocycles. The highest BCUT2D eigenvalue weighted by Gasteiger charge is 2.33. The summed E-state index contributed by atoms with van der Waals surface area (Å²) in [6.07, 6.45) is 4.86. The first kappa shape index (κ1) is 23.8. The van der Waals surface area contributed by atoms with Crippen molar-refractivity contribution in [2.24, 2.45) is 0 Å². The number of thioether (sulfide) groups is 1. The molecule has 0 spiro atoms. The molecule has 0 radical (unpaired) electrons. The van der Waals surface area contributed by atoms with Crippen molar-refractivity contribution in [2.75, 3.05) is 13.2 Å². The Morgan fingerprint density at radius 2 is 1.91 bits per heavy atom. The van der Waals surface area contributed by atoms with Gasteiger partial charge in [0.2, 0.25) is 0 Å². The number of carboxylic acid groups (broad SMARTS) is 1. The van der Waals surface area contributed by atoms with Crippen LogP contribution in [0.4, 0.5) is 0 Å².